The number of fused-ring (bicyclic) bond motifs is 1. The van der Waals surface area contributed by atoms with Crippen molar-refractivity contribution in [1.82, 2.24) is 24.8 Å². The molecule has 1 aliphatic heterocycles. The Morgan fingerprint density at radius 3 is 2.49 bits per heavy atom. The molecule has 0 aliphatic carbocycles. The minimum absolute atomic E-state index is 0.405. The normalized spacial score (nSPS) is 14.2. The summed E-state index contributed by atoms with van der Waals surface area (Å²) in [6, 6.07) is 11.0. The first-order chi connectivity index (χ1) is 19.8. The Balaban J connectivity index is 1.42. The lowest BCUT2D eigenvalue weighted by Crippen LogP contribution is -2.42. The molecule has 0 unspecified atom stereocenters. The van der Waals surface area contributed by atoms with Gasteiger partial charge in [0.25, 0.3) is 0 Å². The molecule has 9 nitrogen and oxygen atoms in total. The predicted octanol–water partition coefficient (Wildman–Crippen LogP) is 6.14. The third kappa shape index (κ3) is 6.40. The zero-order valence-electron chi connectivity index (χ0n) is 24.6. The molecule has 3 aromatic heterocycles. The number of ether oxygens (including phenoxy) is 1. The molecule has 1 saturated heterocycles. The number of anilines is 5. The number of aryl methyl sites for hydroxylation is 1. The highest BCUT2D eigenvalue weighted by Gasteiger charge is 2.24. The molecule has 4 heterocycles. The molecular formula is C30H38BrN8OP. The smallest absolute Gasteiger partial charge is 0.239 e. The first-order valence-electron chi connectivity index (χ1n) is 13.9. The molecule has 11 heteroatoms. The largest absolute Gasteiger partial charge is 0.479 e. The lowest BCUT2D eigenvalue weighted by atomic mass is 10.0. The van der Waals surface area contributed by atoms with Gasteiger partial charge >= 0.3 is 0 Å². The Hall–Kier alpha value is -3.07. The summed E-state index contributed by atoms with van der Waals surface area (Å²) in [4.78, 5) is 23.7. The summed E-state index contributed by atoms with van der Waals surface area (Å²) in [5, 5.41) is 9.29. The van der Waals surface area contributed by atoms with Gasteiger partial charge in [-0.15, -0.1) is 0 Å². The molecule has 216 valence electrons. The van der Waals surface area contributed by atoms with Crippen LogP contribution in [0.25, 0.3) is 10.9 Å². The summed E-state index contributed by atoms with van der Waals surface area (Å²) in [6.45, 7) is 8.62. The van der Waals surface area contributed by atoms with Crippen molar-refractivity contribution in [3.05, 3.63) is 52.8 Å². The van der Waals surface area contributed by atoms with Crippen LogP contribution in [0.2, 0.25) is 0 Å². The van der Waals surface area contributed by atoms with Gasteiger partial charge in [-0.05, 0) is 80.3 Å². The molecule has 2 N–H and O–H groups in total. The summed E-state index contributed by atoms with van der Waals surface area (Å²) in [5.74, 6) is 2.62. The van der Waals surface area contributed by atoms with E-state index in [2.05, 4.69) is 98.9 Å². The van der Waals surface area contributed by atoms with Crippen molar-refractivity contribution < 1.29 is 4.74 Å². The Morgan fingerprint density at radius 2 is 1.80 bits per heavy atom. The minimum Gasteiger partial charge on any atom is -0.479 e. The average molecular weight is 638 g/mol. The summed E-state index contributed by atoms with van der Waals surface area (Å²) in [5.41, 5.74) is 3.84. The number of hydrogen-bond acceptors (Lipinski definition) is 9. The van der Waals surface area contributed by atoms with E-state index in [-0.39, 0.29) is 0 Å². The van der Waals surface area contributed by atoms with Crippen molar-refractivity contribution in [3.63, 3.8) is 0 Å². The summed E-state index contributed by atoms with van der Waals surface area (Å²) >= 11 is 3.63. The van der Waals surface area contributed by atoms with E-state index in [4.69, 9.17) is 14.7 Å². The van der Waals surface area contributed by atoms with Crippen molar-refractivity contribution in [2.75, 3.05) is 63.2 Å². The number of halogens is 1. The fraction of sp³-hybridized carbons (Fsp3) is 0.400. The van der Waals surface area contributed by atoms with E-state index in [1.165, 1.54) is 5.30 Å². The first-order valence-corrected chi connectivity index (χ1v) is 16.9. The summed E-state index contributed by atoms with van der Waals surface area (Å²) < 4.78 is 6.50. The molecule has 41 heavy (non-hydrogen) atoms. The van der Waals surface area contributed by atoms with Crippen molar-refractivity contribution in [1.29, 1.82) is 0 Å². The van der Waals surface area contributed by atoms with Crippen LogP contribution in [0.4, 0.5) is 29.0 Å². The van der Waals surface area contributed by atoms with E-state index in [1.807, 2.05) is 18.3 Å². The van der Waals surface area contributed by atoms with Crippen LogP contribution < -0.4 is 25.6 Å². The number of para-hydroxylation sites is 1. The standard InChI is InChI=1S/C30H38BrN8OP/c1-7-19-16-24(29(40-4)37-28(19)39-14-12-20(13-15-39)38(2)3)35-30-33-17-22(31)27(36-30)34-25-18-32-23-11-9-8-10-21(23)26(25)41(5)6/h8-11,16-18,20H,7,12-15H2,1-6H3,(H2,33,34,35,36). The molecule has 5 rings (SSSR count). The Kier molecular flexibility index (Phi) is 9.22. The fourth-order valence-electron chi connectivity index (χ4n) is 5.37. The average Bonchev–Trinajstić information content (AvgIpc) is 2.98. The number of pyridine rings is 2. The highest BCUT2D eigenvalue weighted by atomic mass is 79.9. The van der Waals surface area contributed by atoms with Gasteiger partial charge in [-0.3, -0.25) is 4.98 Å². The third-order valence-electron chi connectivity index (χ3n) is 7.55. The minimum atomic E-state index is -0.405. The maximum Gasteiger partial charge on any atom is 0.239 e. The topological polar surface area (TPSA) is 91.3 Å². The zero-order chi connectivity index (χ0) is 29.1. The monoisotopic (exact) mass is 636 g/mol. The van der Waals surface area contributed by atoms with Gasteiger partial charge in [0, 0.05) is 36.0 Å². The third-order valence-corrected chi connectivity index (χ3v) is 9.51. The van der Waals surface area contributed by atoms with E-state index in [0.29, 0.717) is 23.7 Å². The van der Waals surface area contributed by atoms with Crippen molar-refractivity contribution >= 4 is 69.0 Å². The van der Waals surface area contributed by atoms with E-state index in [1.54, 1.807) is 13.3 Å². The fourth-order valence-corrected chi connectivity index (χ4v) is 6.92. The summed E-state index contributed by atoms with van der Waals surface area (Å²) in [6.07, 6.45) is 6.74. The SMILES string of the molecule is CCc1cc(Nc2ncc(Br)c(Nc3cnc4ccccc4c3P(C)C)n2)c(OC)nc1N1CCC(N(C)C)CC1. The Labute approximate surface area is 252 Å². The number of hydrogen-bond donors (Lipinski definition) is 2. The van der Waals surface area contributed by atoms with Crippen LogP contribution in [0.1, 0.15) is 25.3 Å². The van der Waals surface area contributed by atoms with E-state index >= 15 is 0 Å². The number of methoxy groups -OCH3 is 1. The highest BCUT2D eigenvalue weighted by molar-refractivity contribution is 9.10. The van der Waals surface area contributed by atoms with E-state index in [0.717, 1.165) is 70.5 Å². The molecule has 1 aliphatic rings. The number of aromatic nitrogens is 4. The first kappa shape index (κ1) is 29.4. The van der Waals surface area contributed by atoms with Gasteiger partial charge in [-0.1, -0.05) is 33.0 Å². The number of piperidine rings is 1. The quantitative estimate of drug-likeness (QED) is 0.210. The Morgan fingerprint density at radius 1 is 1.05 bits per heavy atom. The van der Waals surface area contributed by atoms with Gasteiger partial charge in [-0.25, -0.2) is 4.98 Å². The maximum absolute atomic E-state index is 5.75. The molecule has 0 radical (unpaired) electrons. The van der Waals surface area contributed by atoms with Crippen molar-refractivity contribution in [2.45, 2.75) is 32.2 Å². The number of benzene rings is 1. The lowest BCUT2D eigenvalue weighted by Gasteiger charge is -2.36. The van der Waals surface area contributed by atoms with Crippen molar-refractivity contribution in [2.24, 2.45) is 0 Å². The molecule has 0 spiro atoms. The zero-order valence-corrected chi connectivity index (χ0v) is 27.1. The Bertz CT molecular complexity index is 1520. The maximum atomic E-state index is 5.75. The molecule has 4 aromatic rings. The number of nitrogens with one attached hydrogen (secondary N) is 2. The molecular weight excluding hydrogens is 599 g/mol. The van der Waals surface area contributed by atoms with Crippen LogP contribution in [0, 0.1) is 0 Å². The molecule has 0 atom stereocenters. The second-order valence-electron chi connectivity index (χ2n) is 10.6. The molecule has 0 amide bonds. The summed E-state index contributed by atoms with van der Waals surface area (Å²) in [7, 11) is 5.57. The van der Waals surface area contributed by atoms with E-state index < -0.39 is 7.92 Å². The van der Waals surface area contributed by atoms with Crippen LogP contribution in [-0.4, -0.2) is 78.5 Å². The van der Waals surface area contributed by atoms with Crippen LogP contribution in [-0.2, 0) is 6.42 Å². The van der Waals surface area contributed by atoms with Gasteiger partial charge in [0.15, 0.2) is 0 Å². The van der Waals surface area contributed by atoms with Gasteiger partial charge in [0.2, 0.25) is 11.8 Å². The van der Waals surface area contributed by atoms with Gasteiger partial charge in [0.05, 0.1) is 29.0 Å². The van der Waals surface area contributed by atoms with Crippen LogP contribution >= 0.6 is 23.9 Å². The second-order valence-corrected chi connectivity index (χ2v) is 13.7. The molecule has 0 bridgehead atoms. The number of rotatable bonds is 9. The van der Waals surface area contributed by atoms with Gasteiger partial charge < -0.3 is 25.2 Å². The lowest BCUT2D eigenvalue weighted by molar-refractivity contribution is 0.249. The molecule has 1 aromatic carbocycles. The van der Waals surface area contributed by atoms with Gasteiger partial charge in [-0.2, -0.15) is 9.97 Å². The molecule has 1 fully saturated rings. The number of nitrogens with zero attached hydrogens (tertiary/aromatic N) is 6. The van der Waals surface area contributed by atoms with Crippen molar-refractivity contribution in [3.8, 4) is 5.88 Å². The molecule has 0 saturated carbocycles. The second kappa shape index (κ2) is 12.8. The van der Waals surface area contributed by atoms with E-state index in [9.17, 15) is 0 Å². The van der Waals surface area contributed by atoms with Crippen LogP contribution in [0.3, 0.4) is 0 Å². The highest BCUT2D eigenvalue weighted by Crippen LogP contribution is 2.36. The van der Waals surface area contributed by atoms with Gasteiger partial charge in [0.1, 0.15) is 17.3 Å². The van der Waals surface area contributed by atoms with Crippen LogP contribution in [0.15, 0.2) is 47.2 Å². The van der Waals surface area contributed by atoms with Crippen LogP contribution in [0.5, 0.6) is 5.88 Å². The predicted molar refractivity (Wildman–Crippen MR) is 176 cm³/mol.